The molecule has 0 saturated carbocycles. The van der Waals surface area contributed by atoms with Crippen molar-refractivity contribution in [2.75, 3.05) is 17.7 Å². The number of carbonyl (C=O) groups is 1. The summed E-state index contributed by atoms with van der Waals surface area (Å²) in [6.07, 6.45) is 0. The molecule has 0 spiro atoms. The average molecular weight is 488 g/mol. The highest BCUT2D eigenvalue weighted by atomic mass is 35.5. The van der Waals surface area contributed by atoms with Crippen LogP contribution in [0, 0.1) is 30.3 Å². The minimum absolute atomic E-state index is 0.0400. The Morgan fingerprint density at radius 1 is 0.882 bits per heavy atom. The molecule has 0 heterocycles. The summed E-state index contributed by atoms with van der Waals surface area (Å²) in [5, 5.41) is 38.8. The molecule has 0 atom stereocenters. The lowest BCUT2D eigenvalue weighted by Crippen LogP contribution is -2.16. The third-order valence-electron chi connectivity index (χ3n) is 4.53. The van der Waals surface area contributed by atoms with Crippen molar-refractivity contribution in [2.24, 2.45) is 0 Å². The van der Waals surface area contributed by atoms with E-state index in [0.717, 1.165) is 24.3 Å². The Balaban J connectivity index is 2.09. The van der Waals surface area contributed by atoms with Gasteiger partial charge in [0.25, 0.3) is 23.0 Å². The van der Waals surface area contributed by atoms with Crippen LogP contribution >= 0.6 is 11.6 Å². The second-order valence-electron chi connectivity index (χ2n) is 6.63. The van der Waals surface area contributed by atoms with Gasteiger partial charge in [-0.1, -0.05) is 11.6 Å². The van der Waals surface area contributed by atoms with E-state index in [4.69, 9.17) is 16.3 Å². The van der Waals surface area contributed by atoms with E-state index >= 15 is 0 Å². The van der Waals surface area contributed by atoms with Gasteiger partial charge in [-0.05, 0) is 30.3 Å². The largest absolute Gasteiger partial charge is 0.497 e. The standard InChI is InChI=1S/C20H14ClN5O8/c1-34-14-5-2-11(3-6-14)22-19-15(8-13(25(30)31)10-18(19)26(32)33)20(27)23-17-7-4-12(24(28)29)9-16(17)21/h2-10,22H,1H3,(H,23,27). The zero-order valence-electron chi connectivity index (χ0n) is 17.2. The Bertz CT molecular complexity index is 1310. The predicted molar refractivity (Wildman–Crippen MR) is 122 cm³/mol. The Kier molecular flexibility index (Phi) is 6.87. The summed E-state index contributed by atoms with van der Waals surface area (Å²) in [5.41, 5.74) is -2.17. The summed E-state index contributed by atoms with van der Waals surface area (Å²) in [4.78, 5) is 44.5. The molecule has 0 aliphatic rings. The van der Waals surface area contributed by atoms with E-state index in [9.17, 15) is 35.1 Å². The Hall–Kier alpha value is -4.78. The third-order valence-corrected chi connectivity index (χ3v) is 4.84. The molecule has 1 amide bonds. The molecule has 0 aliphatic carbocycles. The second kappa shape index (κ2) is 9.79. The van der Waals surface area contributed by atoms with Gasteiger partial charge < -0.3 is 15.4 Å². The van der Waals surface area contributed by atoms with Crippen molar-refractivity contribution >= 4 is 51.6 Å². The molecule has 3 rings (SSSR count). The number of hydrogen-bond acceptors (Lipinski definition) is 9. The van der Waals surface area contributed by atoms with Crippen LogP contribution < -0.4 is 15.4 Å². The molecule has 0 aliphatic heterocycles. The lowest BCUT2D eigenvalue weighted by atomic mass is 10.1. The summed E-state index contributed by atoms with van der Waals surface area (Å²) in [6.45, 7) is 0. The number of non-ortho nitro benzene ring substituents is 2. The fourth-order valence-corrected chi connectivity index (χ4v) is 3.12. The van der Waals surface area contributed by atoms with E-state index in [1.165, 1.54) is 25.3 Å². The molecule has 0 radical (unpaired) electrons. The molecular weight excluding hydrogens is 474 g/mol. The number of nitro benzene ring substituents is 3. The van der Waals surface area contributed by atoms with Crippen LogP contribution in [0.3, 0.4) is 0 Å². The van der Waals surface area contributed by atoms with Crippen LogP contribution in [0.25, 0.3) is 0 Å². The topological polar surface area (TPSA) is 180 Å². The Labute approximate surface area is 195 Å². The SMILES string of the molecule is COc1ccc(Nc2c(C(=O)Nc3ccc([N+](=O)[O-])cc3Cl)cc([N+](=O)[O-])cc2[N+](=O)[O-])cc1. The van der Waals surface area contributed by atoms with Crippen LogP contribution in [0.2, 0.25) is 5.02 Å². The molecular formula is C20H14ClN5O8. The second-order valence-corrected chi connectivity index (χ2v) is 7.04. The van der Waals surface area contributed by atoms with Gasteiger partial charge in [0.05, 0.1) is 44.2 Å². The number of benzene rings is 3. The molecule has 13 nitrogen and oxygen atoms in total. The number of methoxy groups -OCH3 is 1. The van der Waals surface area contributed by atoms with Gasteiger partial charge in [0.15, 0.2) is 0 Å². The number of nitrogens with one attached hydrogen (secondary N) is 2. The molecule has 3 aromatic carbocycles. The molecule has 34 heavy (non-hydrogen) atoms. The maximum atomic E-state index is 13.0. The van der Waals surface area contributed by atoms with Crippen molar-refractivity contribution in [1.82, 2.24) is 0 Å². The number of carbonyl (C=O) groups excluding carboxylic acids is 1. The average Bonchev–Trinajstić information content (AvgIpc) is 2.80. The maximum absolute atomic E-state index is 13.0. The first kappa shape index (κ1) is 23.9. The van der Waals surface area contributed by atoms with Gasteiger partial charge in [-0.15, -0.1) is 0 Å². The van der Waals surface area contributed by atoms with Gasteiger partial charge in [-0.3, -0.25) is 35.1 Å². The quantitative estimate of drug-likeness (QED) is 0.323. The molecule has 174 valence electrons. The van der Waals surface area contributed by atoms with Crippen molar-refractivity contribution in [3.8, 4) is 5.75 Å². The van der Waals surface area contributed by atoms with Crippen LogP contribution in [0.15, 0.2) is 54.6 Å². The van der Waals surface area contributed by atoms with Gasteiger partial charge in [0, 0.05) is 23.9 Å². The number of hydrogen-bond donors (Lipinski definition) is 2. The number of halogens is 1. The molecule has 0 aromatic heterocycles. The van der Waals surface area contributed by atoms with Crippen LogP contribution in [-0.2, 0) is 0 Å². The highest BCUT2D eigenvalue weighted by Crippen LogP contribution is 2.37. The first-order chi connectivity index (χ1) is 16.1. The van der Waals surface area contributed by atoms with Gasteiger partial charge in [-0.25, -0.2) is 0 Å². The molecule has 0 saturated heterocycles. The van der Waals surface area contributed by atoms with Crippen molar-refractivity contribution in [1.29, 1.82) is 0 Å². The van der Waals surface area contributed by atoms with Crippen LogP contribution in [-0.4, -0.2) is 27.8 Å². The summed E-state index contributed by atoms with van der Waals surface area (Å²) in [5.74, 6) is -0.465. The summed E-state index contributed by atoms with van der Waals surface area (Å²) in [6, 6.07) is 11.0. The number of ether oxygens (including phenoxy) is 1. The molecule has 2 N–H and O–H groups in total. The molecule has 0 bridgehead atoms. The van der Waals surface area contributed by atoms with Crippen LogP contribution in [0.4, 0.5) is 34.1 Å². The van der Waals surface area contributed by atoms with E-state index in [-0.39, 0.29) is 22.1 Å². The van der Waals surface area contributed by atoms with Gasteiger partial charge >= 0.3 is 0 Å². The summed E-state index contributed by atoms with van der Waals surface area (Å²) < 4.78 is 5.06. The van der Waals surface area contributed by atoms with Crippen molar-refractivity contribution in [3.05, 3.63) is 95.5 Å². The van der Waals surface area contributed by atoms with Gasteiger partial charge in [0.1, 0.15) is 11.4 Å². The van der Waals surface area contributed by atoms with E-state index in [1.807, 2.05) is 0 Å². The summed E-state index contributed by atoms with van der Waals surface area (Å²) >= 11 is 6.00. The number of anilines is 3. The van der Waals surface area contributed by atoms with Crippen molar-refractivity contribution in [3.63, 3.8) is 0 Å². The first-order valence-electron chi connectivity index (χ1n) is 9.24. The molecule has 0 fully saturated rings. The minimum Gasteiger partial charge on any atom is -0.497 e. The van der Waals surface area contributed by atoms with Crippen LogP contribution in [0.5, 0.6) is 5.75 Å². The third kappa shape index (κ3) is 5.16. The lowest BCUT2D eigenvalue weighted by Gasteiger charge is -2.14. The number of nitro groups is 3. The molecule has 14 heteroatoms. The fourth-order valence-electron chi connectivity index (χ4n) is 2.90. The Morgan fingerprint density at radius 3 is 2.06 bits per heavy atom. The zero-order valence-corrected chi connectivity index (χ0v) is 17.9. The van der Waals surface area contributed by atoms with E-state index in [2.05, 4.69) is 10.6 Å². The van der Waals surface area contributed by atoms with Crippen LogP contribution in [0.1, 0.15) is 10.4 Å². The first-order valence-corrected chi connectivity index (χ1v) is 9.61. The lowest BCUT2D eigenvalue weighted by molar-refractivity contribution is -0.393. The van der Waals surface area contributed by atoms with Crippen molar-refractivity contribution in [2.45, 2.75) is 0 Å². The number of nitrogens with zero attached hydrogens (tertiary/aromatic N) is 3. The van der Waals surface area contributed by atoms with E-state index in [1.54, 1.807) is 12.1 Å². The molecule has 3 aromatic rings. The highest BCUT2D eigenvalue weighted by Gasteiger charge is 2.28. The number of amides is 1. The zero-order chi connectivity index (χ0) is 25.0. The van der Waals surface area contributed by atoms with E-state index in [0.29, 0.717) is 11.4 Å². The maximum Gasteiger partial charge on any atom is 0.300 e. The Morgan fingerprint density at radius 2 is 1.53 bits per heavy atom. The van der Waals surface area contributed by atoms with Gasteiger partial charge in [0.2, 0.25) is 0 Å². The minimum atomic E-state index is -0.974. The number of rotatable bonds is 8. The van der Waals surface area contributed by atoms with E-state index < -0.39 is 37.6 Å². The monoisotopic (exact) mass is 487 g/mol. The fraction of sp³-hybridized carbons (Fsp3) is 0.0500. The van der Waals surface area contributed by atoms with Crippen molar-refractivity contribution < 1.29 is 24.3 Å². The van der Waals surface area contributed by atoms with Gasteiger partial charge in [-0.2, -0.15) is 0 Å². The molecule has 0 unspecified atom stereocenters. The predicted octanol–water partition coefficient (Wildman–Crippen LogP) is 5.07. The highest BCUT2D eigenvalue weighted by molar-refractivity contribution is 6.34. The smallest absolute Gasteiger partial charge is 0.300 e. The summed E-state index contributed by atoms with van der Waals surface area (Å²) in [7, 11) is 1.45. The normalized spacial score (nSPS) is 10.3.